The van der Waals surface area contributed by atoms with Crippen LogP contribution in [0, 0.1) is 6.92 Å². The van der Waals surface area contributed by atoms with Crippen LogP contribution in [-0.2, 0) is 11.2 Å². The highest BCUT2D eigenvalue weighted by Crippen LogP contribution is 2.09. The van der Waals surface area contributed by atoms with Crippen LogP contribution >= 0.6 is 11.8 Å². The Morgan fingerprint density at radius 2 is 2.59 bits per heavy atom. The van der Waals surface area contributed by atoms with Gasteiger partial charge in [-0.3, -0.25) is 15.2 Å². The van der Waals surface area contributed by atoms with Crippen molar-refractivity contribution in [3.8, 4) is 0 Å². The van der Waals surface area contributed by atoms with Crippen LogP contribution in [0.4, 0.5) is 0 Å². The highest BCUT2D eigenvalue weighted by atomic mass is 32.2. The van der Waals surface area contributed by atoms with Crippen molar-refractivity contribution in [1.29, 1.82) is 0 Å². The van der Waals surface area contributed by atoms with E-state index in [-0.39, 0.29) is 11.9 Å². The lowest BCUT2D eigenvalue weighted by Crippen LogP contribution is -2.42. The maximum atomic E-state index is 11.7. The number of nitrogens with zero attached hydrogens (tertiary/aromatic N) is 1. The van der Waals surface area contributed by atoms with E-state index in [4.69, 9.17) is 0 Å². The van der Waals surface area contributed by atoms with Gasteiger partial charge in [0, 0.05) is 23.9 Å². The SMILES string of the molecule is Cc1[nH]ncc1CCCNC(=O)C1CSCN1. The Morgan fingerprint density at radius 3 is 3.24 bits per heavy atom. The minimum absolute atomic E-state index is 0.00402. The van der Waals surface area contributed by atoms with Gasteiger partial charge in [-0.25, -0.2) is 0 Å². The fourth-order valence-electron chi connectivity index (χ4n) is 1.80. The minimum Gasteiger partial charge on any atom is -0.355 e. The van der Waals surface area contributed by atoms with Gasteiger partial charge in [0.2, 0.25) is 5.91 Å². The monoisotopic (exact) mass is 254 g/mol. The molecular formula is C11H18N4OS. The number of aromatic nitrogens is 2. The van der Waals surface area contributed by atoms with E-state index in [2.05, 4.69) is 20.8 Å². The average Bonchev–Trinajstić information content (AvgIpc) is 2.96. The summed E-state index contributed by atoms with van der Waals surface area (Å²) in [4.78, 5) is 11.7. The number of carbonyl (C=O) groups excluding carboxylic acids is 1. The summed E-state index contributed by atoms with van der Waals surface area (Å²) in [6.07, 6.45) is 3.76. The van der Waals surface area contributed by atoms with Crippen LogP contribution in [0.5, 0.6) is 0 Å². The van der Waals surface area contributed by atoms with Gasteiger partial charge >= 0.3 is 0 Å². The lowest BCUT2D eigenvalue weighted by molar-refractivity contribution is -0.122. The van der Waals surface area contributed by atoms with E-state index in [1.165, 1.54) is 5.56 Å². The van der Waals surface area contributed by atoms with Gasteiger partial charge in [-0.05, 0) is 25.3 Å². The second-order valence-electron chi connectivity index (χ2n) is 4.19. The van der Waals surface area contributed by atoms with Crippen LogP contribution in [0.3, 0.4) is 0 Å². The number of carbonyl (C=O) groups is 1. The molecule has 0 aliphatic carbocycles. The zero-order chi connectivity index (χ0) is 12.1. The Bertz CT molecular complexity index is 373. The van der Waals surface area contributed by atoms with E-state index in [0.717, 1.165) is 36.7 Å². The van der Waals surface area contributed by atoms with Crippen molar-refractivity contribution < 1.29 is 4.79 Å². The summed E-state index contributed by atoms with van der Waals surface area (Å²) in [7, 11) is 0. The largest absolute Gasteiger partial charge is 0.355 e. The zero-order valence-corrected chi connectivity index (χ0v) is 10.8. The molecule has 0 bridgehead atoms. The molecule has 1 aliphatic rings. The van der Waals surface area contributed by atoms with Crippen molar-refractivity contribution in [2.75, 3.05) is 18.2 Å². The summed E-state index contributed by atoms with van der Waals surface area (Å²) in [6, 6.07) is -0.00402. The Labute approximate surface area is 105 Å². The van der Waals surface area contributed by atoms with Crippen LogP contribution in [-0.4, -0.2) is 40.3 Å². The molecule has 1 aromatic rings. The normalized spacial score (nSPS) is 19.5. The predicted molar refractivity (Wildman–Crippen MR) is 68.9 cm³/mol. The van der Waals surface area contributed by atoms with Gasteiger partial charge in [0.1, 0.15) is 0 Å². The van der Waals surface area contributed by atoms with Crippen LogP contribution < -0.4 is 10.6 Å². The van der Waals surface area contributed by atoms with Gasteiger partial charge in [-0.1, -0.05) is 0 Å². The lowest BCUT2D eigenvalue weighted by atomic mass is 10.1. The molecule has 0 aromatic carbocycles. The van der Waals surface area contributed by atoms with E-state index in [9.17, 15) is 4.79 Å². The number of aromatic amines is 1. The molecule has 0 spiro atoms. The number of amides is 1. The van der Waals surface area contributed by atoms with Gasteiger partial charge in [-0.15, -0.1) is 11.8 Å². The lowest BCUT2D eigenvalue weighted by Gasteiger charge is -2.10. The fourth-order valence-corrected chi connectivity index (χ4v) is 2.75. The number of rotatable bonds is 5. The molecule has 1 atom stereocenters. The van der Waals surface area contributed by atoms with Gasteiger partial charge < -0.3 is 5.32 Å². The van der Waals surface area contributed by atoms with Gasteiger partial charge in [0.05, 0.1) is 12.2 Å². The Balaban J connectivity index is 1.63. The van der Waals surface area contributed by atoms with Crippen molar-refractivity contribution in [3.63, 3.8) is 0 Å². The number of nitrogens with one attached hydrogen (secondary N) is 3. The molecule has 1 saturated heterocycles. The quantitative estimate of drug-likeness (QED) is 0.667. The third-order valence-electron chi connectivity index (χ3n) is 2.89. The molecule has 2 rings (SSSR count). The first-order valence-corrected chi connectivity index (χ1v) is 7.00. The molecule has 1 fully saturated rings. The van der Waals surface area contributed by atoms with Crippen molar-refractivity contribution in [1.82, 2.24) is 20.8 Å². The summed E-state index contributed by atoms with van der Waals surface area (Å²) in [6.45, 7) is 2.74. The number of hydrogen-bond acceptors (Lipinski definition) is 4. The molecule has 1 aliphatic heterocycles. The molecule has 0 radical (unpaired) electrons. The maximum Gasteiger partial charge on any atom is 0.238 e. The summed E-state index contributed by atoms with van der Waals surface area (Å²) in [5.74, 6) is 1.89. The second kappa shape index (κ2) is 6.07. The molecule has 1 aromatic heterocycles. The van der Waals surface area contributed by atoms with Crippen molar-refractivity contribution >= 4 is 17.7 Å². The average molecular weight is 254 g/mol. The molecule has 2 heterocycles. The molecular weight excluding hydrogens is 236 g/mol. The zero-order valence-electron chi connectivity index (χ0n) is 9.95. The first kappa shape index (κ1) is 12.4. The smallest absolute Gasteiger partial charge is 0.238 e. The molecule has 3 N–H and O–H groups in total. The first-order chi connectivity index (χ1) is 8.27. The fraction of sp³-hybridized carbons (Fsp3) is 0.636. The van der Waals surface area contributed by atoms with Gasteiger partial charge in [0.15, 0.2) is 0 Å². The molecule has 17 heavy (non-hydrogen) atoms. The minimum atomic E-state index is -0.00402. The van der Waals surface area contributed by atoms with E-state index in [0.29, 0.717) is 0 Å². The predicted octanol–water partition coefficient (Wildman–Crippen LogP) is 0.429. The molecule has 1 amide bonds. The van der Waals surface area contributed by atoms with Crippen LogP contribution in [0.25, 0.3) is 0 Å². The third-order valence-corrected chi connectivity index (χ3v) is 3.83. The van der Waals surface area contributed by atoms with E-state index in [1.807, 2.05) is 13.1 Å². The molecule has 5 nitrogen and oxygen atoms in total. The van der Waals surface area contributed by atoms with E-state index < -0.39 is 0 Å². The summed E-state index contributed by atoms with van der Waals surface area (Å²) >= 11 is 1.77. The van der Waals surface area contributed by atoms with Gasteiger partial charge in [0.25, 0.3) is 0 Å². The molecule has 6 heteroatoms. The molecule has 1 unspecified atom stereocenters. The summed E-state index contributed by atoms with van der Waals surface area (Å²) in [5, 5.41) is 13.0. The standard InChI is InChI=1S/C11H18N4OS/c1-8-9(5-14-15-8)3-2-4-12-11(16)10-6-17-7-13-10/h5,10,13H,2-4,6-7H2,1H3,(H,12,16)(H,14,15). The maximum absolute atomic E-state index is 11.7. The van der Waals surface area contributed by atoms with Crippen molar-refractivity contribution in [3.05, 3.63) is 17.5 Å². The third kappa shape index (κ3) is 3.47. The van der Waals surface area contributed by atoms with E-state index >= 15 is 0 Å². The van der Waals surface area contributed by atoms with E-state index in [1.54, 1.807) is 11.8 Å². The Morgan fingerprint density at radius 1 is 1.71 bits per heavy atom. The van der Waals surface area contributed by atoms with Crippen LogP contribution in [0.1, 0.15) is 17.7 Å². The van der Waals surface area contributed by atoms with Crippen molar-refractivity contribution in [2.45, 2.75) is 25.8 Å². The number of hydrogen-bond donors (Lipinski definition) is 3. The summed E-state index contributed by atoms with van der Waals surface area (Å²) < 4.78 is 0. The Kier molecular flexibility index (Phi) is 4.44. The highest BCUT2D eigenvalue weighted by Gasteiger charge is 2.21. The van der Waals surface area contributed by atoms with Crippen molar-refractivity contribution in [2.24, 2.45) is 0 Å². The topological polar surface area (TPSA) is 69.8 Å². The number of thioether (sulfide) groups is 1. The first-order valence-electron chi connectivity index (χ1n) is 5.85. The molecule has 94 valence electrons. The van der Waals surface area contributed by atoms with Crippen LogP contribution in [0.15, 0.2) is 6.20 Å². The number of aryl methyl sites for hydroxylation is 2. The highest BCUT2D eigenvalue weighted by molar-refractivity contribution is 7.99. The van der Waals surface area contributed by atoms with Gasteiger partial charge in [-0.2, -0.15) is 5.10 Å². The van der Waals surface area contributed by atoms with Crippen LogP contribution in [0.2, 0.25) is 0 Å². The number of H-pyrrole nitrogens is 1. The Hall–Kier alpha value is -1.01. The second-order valence-corrected chi connectivity index (χ2v) is 5.22. The summed E-state index contributed by atoms with van der Waals surface area (Å²) in [5.41, 5.74) is 2.35. The molecule has 0 saturated carbocycles.